The Kier molecular flexibility index (Phi) is 14.6. The van der Waals surface area contributed by atoms with Gasteiger partial charge < -0.3 is 29.7 Å². The van der Waals surface area contributed by atoms with Crippen LogP contribution in [0.1, 0.15) is 157 Å². The van der Waals surface area contributed by atoms with Crippen LogP contribution in [0.5, 0.6) is 0 Å². The number of aliphatic hydroxyl groups excluding tert-OH is 1. The van der Waals surface area contributed by atoms with E-state index in [1.807, 2.05) is 0 Å². The number of rotatable bonds is 16. The molecule has 18 heteroatoms. The highest BCUT2D eigenvalue weighted by molar-refractivity contribution is 5.88. The number of carboxylic acids is 1. The first-order chi connectivity index (χ1) is 32.7. The number of H-pyrrole nitrogens is 1. The number of nitrogens with one attached hydrogen (secondary N) is 2. The maximum atomic E-state index is 13.9. The number of ether oxygens (including phenoxy) is 3. The predicted octanol–water partition coefficient (Wildman–Crippen LogP) is 7.46. The molecule has 0 aromatic carbocycles. The molecule has 0 spiro atoms. The van der Waals surface area contributed by atoms with Crippen molar-refractivity contribution in [3.63, 3.8) is 0 Å². The number of Topliss-reactive ketones (excluding diaryl/α,β-unsaturated/α-hetero) is 1. The number of aromatic amines is 1. The van der Waals surface area contributed by atoms with Crippen molar-refractivity contribution in [1.82, 2.24) is 14.9 Å². The Morgan fingerprint density at radius 2 is 1.70 bits per heavy atom. The minimum atomic E-state index is -1.93. The summed E-state index contributed by atoms with van der Waals surface area (Å²) in [5, 5.41) is 26.6. The standard InChI is InChI=1S/C52H76N6O12/c1-28(2)30-15-20-52(27-68-39(61)14-13-37(60)54-25-40(62)70-44(64)42-33(56-57-53)23-38(69-42)58-26-29(3)43(63)55-46(58)67)22-21-50(9)32(41(30)52)11-12-36-49(8)18-16-31(34(59)24-47(4,5)45(65)66)48(6,7)35(49)17-19-51(36,50)10/h26,30-33,35-36,38,41-42,44,64H,1,11-25,27H2,2-10H3,(H,54,60)(H,65,66)(H,55,63,67)/t30-,31+,32+,33-,35-,36+,38+,41+,42-,44?,49-,50+,51+,52+/m0/s1. The van der Waals surface area contributed by atoms with Gasteiger partial charge in [-0.3, -0.25) is 38.3 Å². The Hall–Kier alpha value is -4.80. The highest BCUT2D eigenvalue weighted by atomic mass is 16.7. The van der Waals surface area contributed by atoms with Gasteiger partial charge in [0.1, 0.15) is 24.7 Å². The second kappa shape index (κ2) is 19.3. The van der Waals surface area contributed by atoms with Gasteiger partial charge in [0.15, 0.2) is 0 Å². The SMILES string of the molecule is C=C(C)[C@@H]1CC[C@]2(COC(=O)CCC(=O)NCC(=O)OC(O)[C@H]3O[C@@H](n4cc(C)c(=O)[nH]c4=O)C[C@@H]3N=[N+]=[N-])CC[C@]3(C)[C@H](CC[C@@H]4[C@@]5(C)CC[C@H](C(=O)CC(C)(C)C(=O)O)C(C)(C)[C@@H]5CC[C@]43C)[C@@H]12. The summed E-state index contributed by atoms with van der Waals surface area (Å²) in [7, 11) is 0. The van der Waals surface area contributed by atoms with E-state index in [4.69, 9.17) is 19.7 Å². The first-order valence-electron chi connectivity index (χ1n) is 25.4. The third-order valence-electron chi connectivity index (χ3n) is 19.7. The van der Waals surface area contributed by atoms with E-state index in [1.165, 1.54) is 13.1 Å². The number of nitrogens with zero attached hydrogens (tertiary/aromatic N) is 4. The molecule has 1 aliphatic heterocycles. The van der Waals surface area contributed by atoms with Crippen LogP contribution in [0, 0.1) is 74.9 Å². The van der Waals surface area contributed by atoms with Crippen LogP contribution in [0.4, 0.5) is 0 Å². The van der Waals surface area contributed by atoms with Gasteiger partial charge in [0.05, 0.1) is 24.5 Å². The summed E-state index contributed by atoms with van der Waals surface area (Å²) < 4.78 is 18.0. The minimum Gasteiger partial charge on any atom is -0.481 e. The van der Waals surface area contributed by atoms with Gasteiger partial charge in [0.2, 0.25) is 12.2 Å². The van der Waals surface area contributed by atoms with E-state index in [0.717, 1.165) is 74.3 Å². The molecule has 0 radical (unpaired) electrons. The molecule has 386 valence electrons. The number of aliphatic carboxylic acids is 1. The smallest absolute Gasteiger partial charge is 0.330 e. The first kappa shape index (κ1) is 53.0. The average molecular weight is 977 g/mol. The number of hydrogen-bond acceptors (Lipinski definition) is 12. The second-order valence-corrected chi connectivity index (χ2v) is 24.2. The van der Waals surface area contributed by atoms with Gasteiger partial charge in [-0.1, -0.05) is 51.9 Å². The summed E-state index contributed by atoms with van der Waals surface area (Å²) in [6.07, 6.45) is 6.28. The van der Waals surface area contributed by atoms with Crippen molar-refractivity contribution in [2.75, 3.05) is 13.2 Å². The van der Waals surface area contributed by atoms with Crippen LogP contribution in [0.2, 0.25) is 0 Å². The molecular formula is C52H76N6O12. The molecule has 1 unspecified atom stereocenters. The first-order valence-corrected chi connectivity index (χ1v) is 25.4. The number of carbonyl (C=O) groups excluding carboxylic acids is 4. The van der Waals surface area contributed by atoms with Crippen molar-refractivity contribution in [3.05, 3.63) is 55.2 Å². The number of carbonyl (C=O) groups is 5. The molecule has 70 heavy (non-hydrogen) atoms. The molecule has 6 aliphatic rings. The Morgan fingerprint density at radius 1 is 0.986 bits per heavy atom. The van der Waals surface area contributed by atoms with Gasteiger partial charge in [0, 0.05) is 47.3 Å². The van der Waals surface area contributed by atoms with Crippen LogP contribution in [0.25, 0.3) is 10.4 Å². The Balaban J connectivity index is 0.940. The van der Waals surface area contributed by atoms with E-state index in [1.54, 1.807) is 13.8 Å². The lowest BCUT2D eigenvalue weighted by molar-refractivity contribution is -0.244. The van der Waals surface area contributed by atoms with Crippen LogP contribution in [0.15, 0.2) is 33.1 Å². The van der Waals surface area contributed by atoms with Gasteiger partial charge in [-0.05, 0) is 149 Å². The molecule has 5 saturated carbocycles. The Labute approximate surface area is 410 Å². The molecule has 1 saturated heterocycles. The third-order valence-corrected chi connectivity index (χ3v) is 19.7. The van der Waals surface area contributed by atoms with Crippen molar-refractivity contribution in [3.8, 4) is 0 Å². The van der Waals surface area contributed by atoms with Crippen LogP contribution < -0.4 is 16.6 Å². The van der Waals surface area contributed by atoms with Crippen molar-refractivity contribution < 1.29 is 48.4 Å². The monoisotopic (exact) mass is 977 g/mol. The molecule has 5 aliphatic carbocycles. The van der Waals surface area contributed by atoms with Crippen molar-refractivity contribution in [2.45, 2.75) is 177 Å². The third kappa shape index (κ3) is 9.29. The van der Waals surface area contributed by atoms with Crippen LogP contribution >= 0.6 is 0 Å². The Bertz CT molecular complexity index is 2440. The summed E-state index contributed by atoms with van der Waals surface area (Å²) in [6, 6.07) is -1.04. The number of fused-ring (bicyclic) bond motifs is 7. The van der Waals surface area contributed by atoms with Crippen LogP contribution in [0.3, 0.4) is 0 Å². The average Bonchev–Trinajstić information content (AvgIpc) is 3.88. The Morgan fingerprint density at radius 3 is 2.37 bits per heavy atom. The molecule has 6 fully saturated rings. The zero-order valence-corrected chi connectivity index (χ0v) is 42.6. The number of esters is 2. The van der Waals surface area contributed by atoms with E-state index in [9.17, 15) is 43.8 Å². The van der Waals surface area contributed by atoms with Gasteiger partial charge in [-0.25, -0.2) is 4.79 Å². The molecule has 1 amide bonds. The molecule has 7 rings (SSSR count). The van der Waals surface area contributed by atoms with Crippen LogP contribution in [-0.4, -0.2) is 80.9 Å². The van der Waals surface area contributed by atoms with E-state index >= 15 is 0 Å². The normalized spacial score (nSPS) is 36.7. The van der Waals surface area contributed by atoms with Crippen molar-refractivity contribution in [1.29, 1.82) is 0 Å². The van der Waals surface area contributed by atoms with E-state index in [2.05, 4.69) is 68.4 Å². The molecular weight excluding hydrogens is 901 g/mol. The minimum absolute atomic E-state index is 0.0290. The molecule has 1 aromatic heterocycles. The maximum absolute atomic E-state index is 13.9. The topological polar surface area (TPSA) is 269 Å². The number of hydrogen-bond donors (Lipinski definition) is 4. The lowest BCUT2D eigenvalue weighted by Gasteiger charge is -2.73. The van der Waals surface area contributed by atoms with Gasteiger partial charge in [0.25, 0.3) is 5.56 Å². The quantitative estimate of drug-likeness (QED) is 0.0314. The molecule has 2 heterocycles. The van der Waals surface area contributed by atoms with Crippen molar-refractivity contribution >= 4 is 29.6 Å². The van der Waals surface area contributed by atoms with E-state index in [0.29, 0.717) is 23.7 Å². The van der Waals surface area contributed by atoms with Crippen molar-refractivity contribution in [2.24, 2.45) is 73.1 Å². The number of amides is 1. The van der Waals surface area contributed by atoms with E-state index in [-0.39, 0.29) is 82.5 Å². The number of ketones is 1. The summed E-state index contributed by atoms with van der Waals surface area (Å²) in [5.74, 6) is -1.38. The van der Waals surface area contributed by atoms with Gasteiger partial charge in [-0.15, -0.1) is 0 Å². The lowest BCUT2D eigenvalue weighted by atomic mass is 9.32. The number of aromatic nitrogens is 2. The van der Waals surface area contributed by atoms with Crippen LogP contribution in [-0.2, 0) is 38.2 Å². The fraction of sp³-hybridized carbons (Fsp3) is 0.788. The lowest BCUT2D eigenvalue weighted by Crippen LogP contribution is -2.66. The summed E-state index contributed by atoms with van der Waals surface area (Å²) >= 11 is 0. The molecule has 18 nitrogen and oxygen atoms in total. The number of aliphatic hydroxyl groups is 1. The number of carboxylic acid groups (broad SMARTS) is 1. The largest absolute Gasteiger partial charge is 0.481 e. The zero-order chi connectivity index (χ0) is 51.5. The zero-order valence-electron chi connectivity index (χ0n) is 42.6. The predicted molar refractivity (Wildman–Crippen MR) is 256 cm³/mol. The number of aryl methyl sites for hydroxylation is 1. The molecule has 4 N–H and O–H groups in total. The summed E-state index contributed by atoms with van der Waals surface area (Å²) in [6.45, 7) is 23.2. The fourth-order valence-corrected chi connectivity index (χ4v) is 15.9. The maximum Gasteiger partial charge on any atom is 0.330 e. The molecule has 1 aromatic rings. The van der Waals surface area contributed by atoms with E-state index < -0.39 is 71.7 Å². The van der Waals surface area contributed by atoms with Gasteiger partial charge in [-0.2, -0.15) is 0 Å². The number of allylic oxidation sites excluding steroid dienone is 1. The van der Waals surface area contributed by atoms with Gasteiger partial charge >= 0.3 is 23.6 Å². The summed E-state index contributed by atoms with van der Waals surface area (Å²) in [5.41, 5.74) is 7.65. The fourth-order valence-electron chi connectivity index (χ4n) is 15.9. The number of azide groups is 1. The second-order valence-electron chi connectivity index (χ2n) is 24.2. The highest BCUT2D eigenvalue weighted by Gasteiger charge is 2.71. The molecule has 14 atom stereocenters. The summed E-state index contributed by atoms with van der Waals surface area (Å²) in [4.78, 5) is 94.0. The molecule has 0 bridgehead atoms. The highest BCUT2D eigenvalue weighted by Crippen LogP contribution is 2.78.